The molecule has 0 aliphatic carbocycles. The fourth-order valence-electron chi connectivity index (χ4n) is 2.81. The smallest absolute Gasteiger partial charge is 0.168 e. The lowest BCUT2D eigenvalue weighted by Gasteiger charge is -2.39. The first-order valence-corrected chi connectivity index (χ1v) is 6.36. The van der Waals surface area contributed by atoms with Crippen LogP contribution in [0.3, 0.4) is 0 Å². The standard InChI is InChI=1S/C13H22O4/c1-7(9(3)14)12(15)11-6-17-13(4)8(2)10(11)5-16-13/h7-11,14H,5-6H2,1-4H3/t7-,8-,9+,10+,11-,13+/m0/s1. The minimum Gasteiger partial charge on any atom is -0.393 e. The molecule has 0 unspecified atom stereocenters. The number of carbonyl (C=O) groups excluding carboxylic acids is 1. The maximum atomic E-state index is 12.3. The molecule has 2 aliphatic rings. The van der Waals surface area contributed by atoms with E-state index in [1.807, 2.05) is 6.92 Å². The number of hydrogen-bond acceptors (Lipinski definition) is 4. The van der Waals surface area contributed by atoms with E-state index < -0.39 is 11.9 Å². The molecule has 0 spiro atoms. The summed E-state index contributed by atoms with van der Waals surface area (Å²) in [7, 11) is 0. The highest BCUT2D eigenvalue weighted by Gasteiger charge is 2.54. The number of hydrogen-bond donors (Lipinski definition) is 1. The third-order valence-corrected chi connectivity index (χ3v) is 4.64. The Kier molecular flexibility index (Phi) is 3.31. The van der Waals surface area contributed by atoms with Crippen LogP contribution >= 0.6 is 0 Å². The van der Waals surface area contributed by atoms with Crippen LogP contribution in [0.5, 0.6) is 0 Å². The molecule has 2 aliphatic heterocycles. The van der Waals surface area contributed by atoms with Gasteiger partial charge in [-0.25, -0.2) is 0 Å². The molecule has 2 bridgehead atoms. The van der Waals surface area contributed by atoms with E-state index in [1.165, 1.54) is 0 Å². The predicted molar refractivity (Wildman–Crippen MR) is 62.3 cm³/mol. The average molecular weight is 242 g/mol. The maximum absolute atomic E-state index is 12.3. The lowest BCUT2D eigenvalue weighted by atomic mass is 9.74. The number of fused-ring (bicyclic) bond motifs is 2. The second-order valence-electron chi connectivity index (χ2n) is 5.63. The van der Waals surface area contributed by atoms with Crippen molar-refractivity contribution in [3.8, 4) is 0 Å². The van der Waals surface area contributed by atoms with E-state index in [-0.39, 0.29) is 29.5 Å². The highest BCUT2D eigenvalue weighted by atomic mass is 16.7. The number of ether oxygens (including phenoxy) is 2. The number of carbonyl (C=O) groups is 1. The molecule has 4 nitrogen and oxygen atoms in total. The number of rotatable bonds is 3. The highest BCUT2D eigenvalue weighted by Crippen LogP contribution is 2.46. The zero-order chi connectivity index (χ0) is 12.8. The molecule has 0 radical (unpaired) electrons. The molecule has 4 heteroatoms. The summed E-state index contributed by atoms with van der Waals surface area (Å²) in [6.45, 7) is 8.45. The van der Waals surface area contributed by atoms with Crippen LogP contribution in [-0.4, -0.2) is 36.0 Å². The molecule has 17 heavy (non-hydrogen) atoms. The molecule has 6 atom stereocenters. The van der Waals surface area contributed by atoms with Crippen LogP contribution in [0.4, 0.5) is 0 Å². The summed E-state index contributed by atoms with van der Waals surface area (Å²) < 4.78 is 11.4. The van der Waals surface area contributed by atoms with Gasteiger partial charge in [0.15, 0.2) is 5.79 Å². The lowest BCUT2D eigenvalue weighted by molar-refractivity contribution is -0.231. The molecular formula is C13H22O4. The Bertz CT molecular complexity index is 315. The zero-order valence-electron chi connectivity index (χ0n) is 11.0. The van der Waals surface area contributed by atoms with Crippen LogP contribution in [0.2, 0.25) is 0 Å². The molecule has 0 amide bonds. The number of aliphatic hydroxyl groups is 1. The molecule has 0 aromatic carbocycles. The van der Waals surface area contributed by atoms with Crippen molar-refractivity contribution < 1.29 is 19.4 Å². The van der Waals surface area contributed by atoms with Crippen molar-refractivity contribution in [3.05, 3.63) is 0 Å². The van der Waals surface area contributed by atoms with Gasteiger partial charge in [0.05, 0.1) is 19.3 Å². The van der Waals surface area contributed by atoms with Crippen molar-refractivity contribution in [2.24, 2.45) is 23.7 Å². The summed E-state index contributed by atoms with van der Waals surface area (Å²) in [5.41, 5.74) is 0. The Morgan fingerprint density at radius 3 is 2.53 bits per heavy atom. The van der Waals surface area contributed by atoms with E-state index in [2.05, 4.69) is 6.92 Å². The summed E-state index contributed by atoms with van der Waals surface area (Å²) in [5, 5.41) is 9.52. The second kappa shape index (κ2) is 4.34. The topological polar surface area (TPSA) is 55.8 Å². The number of aliphatic hydroxyl groups excluding tert-OH is 1. The highest BCUT2D eigenvalue weighted by molar-refractivity contribution is 5.84. The van der Waals surface area contributed by atoms with Crippen molar-refractivity contribution in [2.45, 2.75) is 39.6 Å². The van der Waals surface area contributed by atoms with E-state index in [1.54, 1.807) is 13.8 Å². The van der Waals surface area contributed by atoms with E-state index in [0.717, 1.165) is 0 Å². The molecule has 2 fully saturated rings. The Hall–Kier alpha value is -0.450. The summed E-state index contributed by atoms with van der Waals surface area (Å²) in [6, 6.07) is 0. The van der Waals surface area contributed by atoms with Crippen LogP contribution in [0, 0.1) is 23.7 Å². The normalized spacial score (nSPS) is 44.4. The fourth-order valence-corrected chi connectivity index (χ4v) is 2.81. The molecule has 98 valence electrons. The van der Waals surface area contributed by atoms with Crippen LogP contribution in [0.1, 0.15) is 27.7 Å². The zero-order valence-corrected chi connectivity index (χ0v) is 11.0. The molecular weight excluding hydrogens is 220 g/mol. The van der Waals surface area contributed by atoms with Gasteiger partial charge in [0.1, 0.15) is 5.78 Å². The van der Waals surface area contributed by atoms with Gasteiger partial charge in [0, 0.05) is 23.7 Å². The number of Topliss-reactive ketones (excluding diaryl/α,β-unsaturated/α-hetero) is 1. The Balaban J connectivity index is 2.12. The van der Waals surface area contributed by atoms with E-state index in [4.69, 9.17) is 9.47 Å². The van der Waals surface area contributed by atoms with Gasteiger partial charge in [-0.2, -0.15) is 0 Å². The lowest BCUT2D eigenvalue weighted by Crippen LogP contribution is -2.47. The minimum atomic E-state index is -0.603. The third-order valence-electron chi connectivity index (χ3n) is 4.64. The first kappa shape index (κ1) is 13.0. The molecule has 1 N–H and O–H groups in total. The molecule has 0 aromatic heterocycles. The van der Waals surface area contributed by atoms with Crippen LogP contribution < -0.4 is 0 Å². The first-order chi connectivity index (χ1) is 7.87. The Labute approximate surface area is 102 Å². The number of ketones is 1. The first-order valence-electron chi connectivity index (χ1n) is 6.36. The van der Waals surface area contributed by atoms with Gasteiger partial charge >= 0.3 is 0 Å². The molecule has 2 rings (SSSR count). The van der Waals surface area contributed by atoms with Crippen molar-refractivity contribution >= 4 is 5.78 Å². The quantitative estimate of drug-likeness (QED) is 0.808. The molecule has 2 heterocycles. The van der Waals surface area contributed by atoms with Crippen molar-refractivity contribution in [3.63, 3.8) is 0 Å². The third kappa shape index (κ3) is 2.02. The van der Waals surface area contributed by atoms with Gasteiger partial charge in [0.25, 0.3) is 0 Å². The predicted octanol–water partition coefficient (Wildman–Crippen LogP) is 1.22. The Morgan fingerprint density at radius 2 is 1.94 bits per heavy atom. The SMILES string of the molecule is C[C@H](C(=O)[C@H]1CO[C@@]2(C)OC[C@@H]1[C@@H]2C)[C@@H](C)O. The van der Waals surface area contributed by atoms with Crippen molar-refractivity contribution in [1.82, 2.24) is 0 Å². The average Bonchev–Trinajstić information content (AvgIpc) is 2.49. The minimum absolute atomic E-state index is 0.101. The molecule has 0 aromatic rings. The summed E-state index contributed by atoms with van der Waals surface area (Å²) >= 11 is 0. The molecule has 0 saturated carbocycles. The second-order valence-corrected chi connectivity index (χ2v) is 5.63. The van der Waals surface area contributed by atoms with Gasteiger partial charge in [-0.05, 0) is 13.8 Å². The van der Waals surface area contributed by atoms with Crippen molar-refractivity contribution in [1.29, 1.82) is 0 Å². The monoisotopic (exact) mass is 242 g/mol. The summed E-state index contributed by atoms with van der Waals surface area (Å²) in [5.74, 6) is -0.431. The van der Waals surface area contributed by atoms with Gasteiger partial charge in [0.2, 0.25) is 0 Å². The largest absolute Gasteiger partial charge is 0.393 e. The van der Waals surface area contributed by atoms with E-state index in [0.29, 0.717) is 13.2 Å². The van der Waals surface area contributed by atoms with Crippen LogP contribution in [0.25, 0.3) is 0 Å². The van der Waals surface area contributed by atoms with E-state index >= 15 is 0 Å². The fraction of sp³-hybridized carbons (Fsp3) is 0.923. The van der Waals surface area contributed by atoms with Crippen LogP contribution in [0.15, 0.2) is 0 Å². The van der Waals surface area contributed by atoms with Gasteiger partial charge in [-0.15, -0.1) is 0 Å². The Morgan fingerprint density at radius 1 is 1.35 bits per heavy atom. The molecule has 2 saturated heterocycles. The summed E-state index contributed by atoms with van der Waals surface area (Å²) in [6.07, 6.45) is -0.603. The van der Waals surface area contributed by atoms with Crippen LogP contribution in [-0.2, 0) is 14.3 Å². The van der Waals surface area contributed by atoms with Gasteiger partial charge < -0.3 is 14.6 Å². The van der Waals surface area contributed by atoms with E-state index in [9.17, 15) is 9.90 Å². The van der Waals surface area contributed by atoms with Gasteiger partial charge in [-0.3, -0.25) is 4.79 Å². The maximum Gasteiger partial charge on any atom is 0.168 e. The van der Waals surface area contributed by atoms with Crippen molar-refractivity contribution in [2.75, 3.05) is 13.2 Å². The summed E-state index contributed by atoms with van der Waals surface area (Å²) in [4.78, 5) is 12.3. The van der Waals surface area contributed by atoms with Gasteiger partial charge in [-0.1, -0.05) is 13.8 Å².